The third-order valence-electron chi connectivity index (χ3n) is 6.52. The molecule has 31 heavy (non-hydrogen) atoms. The van der Waals surface area contributed by atoms with E-state index >= 15 is 0 Å². The molecule has 0 saturated carbocycles. The molecule has 2 fully saturated rings. The first kappa shape index (κ1) is 20.7. The van der Waals surface area contributed by atoms with E-state index in [1.165, 1.54) is 17.4 Å². The lowest BCUT2D eigenvalue weighted by Crippen LogP contribution is -2.38. The van der Waals surface area contributed by atoms with Gasteiger partial charge in [0.25, 0.3) is 0 Å². The number of aromatic nitrogens is 1. The number of ether oxygens (including phenoxy) is 1. The van der Waals surface area contributed by atoms with Crippen LogP contribution in [0.1, 0.15) is 24.8 Å². The number of fused-ring (bicyclic) bond motifs is 1. The second kappa shape index (κ2) is 9.53. The third kappa shape index (κ3) is 5.01. The van der Waals surface area contributed by atoms with Gasteiger partial charge in [0.1, 0.15) is 5.75 Å². The van der Waals surface area contributed by atoms with Gasteiger partial charge in [0.05, 0.1) is 17.1 Å². The van der Waals surface area contributed by atoms with Gasteiger partial charge in [0.2, 0.25) is 0 Å². The molecule has 3 unspecified atom stereocenters. The van der Waals surface area contributed by atoms with Gasteiger partial charge in [0, 0.05) is 36.8 Å². The van der Waals surface area contributed by atoms with Gasteiger partial charge in [-0.2, -0.15) is 0 Å². The number of nitrogens with zero attached hydrogens (tertiary/aromatic N) is 2. The highest BCUT2D eigenvalue weighted by Crippen LogP contribution is 2.27. The normalized spacial score (nSPS) is 24.1. The first-order valence-corrected chi connectivity index (χ1v) is 11.6. The van der Waals surface area contributed by atoms with Crippen molar-refractivity contribution in [3.05, 3.63) is 71.4 Å². The summed E-state index contributed by atoms with van der Waals surface area (Å²) in [5.74, 6) is 1.45. The summed E-state index contributed by atoms with van der Waals surface area (Å²) in [5.41, 5.74) is 9.47. The van der Waals surface area contributed by atoms with Gasteiger partial charge in [-0.3, -0.25) is 20.7 Å². The molecular formula is C25H29ClN4O. The van der Waals surface area contributed by atoms with E-state index in [1.54, 1.807) is 0 Å². The molecule has 2 saturated heterocycles. The van der Waals surface area contributed by atoms with Crippen LogP contribution in [-0.4, -0.2) is 41.7 Å². The number of hydrogen-bond acceptors (Lipinski definition) is 5. The number of para-hydroxylation sites is 1. The zero-order valence-electron chi connectivity index (χ0n) is 17.6. The van der Waals surface area contributed by atoms with Gasteiger partial charge in [-0.25, -0.2) is 0 Å². The van der Waals surface area contributed by atoms with Crippen molar-refractivity contribution in [2.24, 2.45) is 5.92 Å². The van der Waals surface area contributed by atoms with Crippen LogP contribution in [0.15, 0.2) is 60.8 Å². The van der Waals surface area contributed by atoms with Crippen molar-refractivity contribution in [1.82, 2.24) is 20.7 Å². The number of nitrogens with one attached hydrogen (secondary N) is 2. The number of hydrogen-bond donors (Lipinski definition) is 2. The SMILES string of the molecule is Clc1ccccc1OCCC1CC(C2CCN(Cc3ccc4ncccc4c3)C2)NN1. The van der Waals surface area contributed by atoms with E-state index in [0.29, 0.717) is 29.6 Å². The molecule has 2 aliphatic rings. The summed E-state index contributed by atoms with van der Waals surface area (Å²) in [4.78, 5) is 7.00. The molecule has 162 valence electrons. The van der Waals surface area contributed by atoms with Gasteiger partial charge in [0.15, 0.2) is 0 Å². The second-order valence-corrected chi connectivity index (χ2v) is 9.12. The summed E-state index contributed by atoms with van der Waals surface area (Å²) in [6, 6.07) is 19.4. The van der Waals surface area contributed by atoms with Crippen LogP contribution in [0.5, 0.6) is 5.75 Å². The fourth-order valence-electron chi connectivity index (χ4n) is 4.84. The lowest BCUT2D eigenvalue weighted by Gasteiger charge is -2.20. The molecule has 3 aromatic rings. The minimum atomic E-state index is 0.439. The molecular weight excluding hydrogens is 408 g/mol. The predicted octanol–water partition coefficient (Wildman–Crippen LogP) is 4.41. The van der Waals surface area contributed by atoms with E-state index in [9.17, 15) is 0 Å². The summed E-state index contributed by atoms with van der Waals surface area (Å²) in [5, 5.41) is 1.89. The summed E-state index contributed by atoms with van der Waals surface area (Å²) in [6.07, 6.45) is 5.21. The maximum atomic E-state index is 6.17. The molecule has 0 amide bonds. The van der Waals surface area contributed by atoms with Crippen LogP contribution in [0.2, 0.25) is 5.02 Å². The van der Waals surface area contributed by atoms with Gasteiger partial charge < -0.3 is 4.74 Å². The Morgan fingerprint density at radius 1 is 1.10 bits per heavy atom. The highest BCUT2D eigenvalue weighted by Gasteiger charge is 2.34. The van der Waals surface area contributed by atoms with Crippen LogP contribution >= 0.6 is 11.6 Å². The van der Waals surface area contributed by atoms with Crippen molar-refractivity contribution in [3.63, 3.8) is 0 Å². The monoisotopic (exact) mass is 436 g/mol. The van der Waals surface area contributed by atoms with Crippen LogP contribution in [0, 0.1) is 5.92 Å². The second-order valence-electron chi connectivity index (χ2n) is 8.71. The standard InChI is InChI=1S/C25H29ClN4O/c26-22-5-1-2-6-25(22)31-13-10-21-15-24(29-28-21)20-9-12-30(17-20)16-18-7-8-23-19(14-18)4-3-11-27-23/h1-8,11,14,20-21,24,28-29H,9-10,12-13,15-17H2. The number of benzene rings is 2. The molecule has 6 heteroatoms. The number of pyridine rings is 1. The molecule has 2 N–H and O–H groups in total. The van der Waals surface area contributed by atoms with Crippen molar-refractivity contribution < 1.29 is 4.74 Å². The number of rotatable bonds is 7. The van der Waals surface area contributed by atoms with Crippen molar-refractivity contribution in [2.45, 2.75) is 37.9 Å². The maximum Gasteiger partial charge on any atom is 0.137 e. The Labute approximate surface area is 188 Å². The summed E-state index contributed by atoms with van der Waals surface area (Å²) >= 11 is 6.17. The molecule has 0 radical (unpaired) electrons. The topological polar surface area (TPSA) is 49.4 Å². The lowest BCUT2D eigenvalue weighted by molar-refractivity contribution is 0.288. The van der Waals surface area contributed by atoms with E-state index in [4.69, 9.17) is 16.3 Å². The summed E-state index contributed by atoms with van der Waals surface area (Å²) in [6.45, 7) is 3.99. The van der Waals surface area contributed by atoms with E-state index in [1.807, 2.05) is 36.5 Å². The highest BCUT2D eigenvalue weighted by atomic mass is 35.5. The first-order chi connectivity index (χ1) is 15.2. The Kier molecular flexibility index (Phi) is 6.37. The van der Waals surface area contributed by atoms with Crippen molar-refractivity contribution in [3.8, 4) is 5.75 Å². The minimum absolute atomic E-state index is 0.439. The van der Waals surface area contributed by atoms with Gasteiger partial charge in [-0.1, -0.05) is 35.9 Å². The van der Waals surface area contributed by atoms with Gasteiger partial charge in [-0.15, -0.1) is 0 Å². The largest absolute Gasteiger partial charge is 0.492 e. The summed E-state index contributed by atoms with van der Waals surface area (Å²) in [7, 11) is 0. The quantitative estimate of drug-likeness (QED) is 0.574. The highest BCUT2D eigenvalue weighted by molar-refractivity contribution is 6.32. The Hall–Kier alpha value is -2.18. The Morgan fingerprint density at radius 2 is 2.03 bits per heavy atom. The Balaban J connectivity index is 1.08. The lowest BCUT2D eigenvalue weighted by atomic mass is 9.94. The molecule has 1 aromatic heterocycles. The van der Waals surface area contributed by atoms with Crippen molar-refractivity contribution in [1.29, 1.82) is 0 Å². The van der Waals surface area contributed by atoms with Crippen LogP contribution in [-0.2, 0) is 6.54 Å². The molecule has 3 heterocycles. The van der Waals surface area contributed by atoms with E-state index in [0.717, 1.165) is 43.7 Å². The molecule has 0 aliphatic carbocycles. The van der Waals surface area contributed by atoms with Crippen molar-refractivity contribution >= 4 is 22.5 Å². The van der Waals surface area contributed by atoms with Crippen LogP contribution in [0.25, 0.3) is 10.9 Å². The fraction of sp³-hybridized carbons (Fsp3) is 0.400. The van der Waals surface area contributed by atoms with Crippen LogP contribution in [0.4, 0.5) is 0 Å². The third-order valence-corrected chi connectivity index (χ3v) is 6.84. The van der Waals surface area contributed by atoms with Gasteiger partial charge >= 0.3 is 0 Å². The number of likely N-dealkylation sites (tertiary alicyclic amines) is 1. The predicted molar refractivity (Wildman–Crippen MR) is 125 cm³/mol. The minimum Gasteiger partial charge on any atom is -0.492 e. The smallest absolute Gasteiger partial charge is 0.137 e. The molecule has 0 spiro atoms. The number of hydrazine groups is 1. The number of halogens is 1. The van der Waals surface area contributed by atoms with Crippen LogP contribution < -0.4 is 15.6 Å². The average Bonchev–Trinajstić information content (AvgIpc) is 3.45. The van der Waals surface area contributed by atoms with Crippen molar-refractivity contribution in [2.75, 3.05) is 19.7 Å². The Morgan fingerprint density at radius 3 is 2.97 bits per heavy atom. The summed E-state index contributed by atoms with van der Waals surface area (Å²) < 4.78 is 5.86. The van der Waals surface area contributed by atoms with Crippen LogP contribution in [0.3, 0.4) is 0 Å². The Bertz CT molecular complexity index is 1030. The molecule has 5 rings (SSSR count). The molecule has 0 bridgehead atoms. The zero-order chi connectivity index (χ0) is 21.0. The fourth-order valence-corrected chi connectivity index (χ4v) is 5.03. The zero-order valence-corrected chi connectivity index (χ0v) is 18.4. The average molecular weight is 437 g/mol. The molecule has 5 nitrogen and oxygen atoms in total. The van der Waals surface area contributed by atoms with E-state index in [-0.39, 0.29) is 0 Å². The first-order valence-electron chi connectivity index (χ1n) is 11.2. The molecule has 2 aliphatic heterocycles. The maximum absolute atomic E-state index is 6.17. The molecule has 3 atom stereocenters. The van der Waals surface area contributed by atoms with E-state index < -0.39 is 0 Å². The van der Waals surface area contributed by atoms with Gasteiger partial charge in [-0.05, 0) is 67.6 Å². The van der Waals surface area contributed by atoms with E-state index in [2.05, 4.69) is 45.0 Å². The molecule has 2 aromatic carbocycles.